The summed E-state index contributed by atoms with van der Waals surface area (Å²) in [7, 11) is 0. The molecule has 4 rings (SSSR count). The van der Waals surface area contributed by atoms with Gasteiger partial charge in [0.15, 0.2) is 0 Å². The molecule has 0 fully saturated rings. The molecule has 0 saturated carbocycles. The van der Waals surface area contributed by atoms with Crippen molar-refractivity contribution in [1.29, 1.82) is 0 Å². The van der Waals surface area contributed by atoms with E-state index in [0.717, 1.165) is 6.54 Å². The molecule has 1 nitrogen and oxygen atoms in total. The van der Waals surface area contributed by atoms with Crippen molar-refractivity contribution >= 4 is 10.8 Å². The van der Waals surface area contributed by atoms with Gasteiger partial charge in [0.2, 0.25) is 0 Å². The van der Waals surface area contributed by atoms with Crippen LogP contribution in [-0.2, 0) is 6.54 Å². The number of nitrogens with one attached hydrogen (secondary N) is 1. The highest BCUT2D eigenvalue weighted by Gasteiger charge is 2.36. The van der Waals surface area contributed by atoms with Crippen LogP contribution in [-0.4, -0.2) is 5.54 Å². The smallest absolute Gasteiger partial charge is 0.0270 e. The Labute approximate surface area is 132 Å². The third-order valence-corrected chi connectivity index (χ3v) is 4.96. The quantitative estimate of drug-likeness (QED) is 0.674. The first kappa shape index (κ1) is 13.5. The van der Waals surface area contributed by atoms with Gasteiger partial charge in [0.25, 0.3) is 0 Å². The summed E-state index contributed by atoms with van der Waals surface area (Å²) in [6.07, 6.45) is 0. The first-order chi connectivity index (χ1) is 10.7. The van der Waals surface area contributed by atoms with Crippen molar-refractivity contribution in [2.45, 2.75) is 31.8 Å². The van der Waals surface area contributed by atoms with Crippen molar-refractivity contribution in [2.75, 3.05) is 0 Å². The average Bonchev–Trinajstić information content (AvgIpc) is 2.54. The molecule has 1 heterocycles. The number of hydrogen-bond acceptors (Lipinski definition) is 1. The molecule has 0 radical (unpaired) electrons. The summed E-state index contributed by atoms with van der Waals surface area (Å²) in [6.45, 7) is 5.55. The zero-order chi connectivity index (χ0) is 15.2. The number of benzene rings is 3. The van der Waals surface area contributed by atoms with Crippen LogP contribution in [0.4, 0.5) is 0 Å². The van der Waals surface area contributed by atoms with Crippen LogP contribution in [0.5, 0.6) is 0 Å². The monoisotopic (exact) mass is 287 g/mol. The molecule has 1 heteroatoms. The summed E-state index contributed by atoms with van der Waals surface area (Å²) in [5.74, 6) is 0.377. The number of hydrogen-bond donors (Lipinski definition) is 1. The third kappa shape index (κ3) is 2.05. The Balaban J connectivity index is 1.98. The van der Waals surface area contributed by atoms with Gasteiger partial charge in [-0.05, 0) is 41.3 Å². The largest absolute Gasteiger partial charge is 0.307 e. The Morgan fingerprint density at radius 2 is 1.59 bits per heavy atom. The maximum absolute atomic E-state index is 3.76. The molecule has 0 bridgehead atoms. The molecule has 1 aliphatic rings. The summed E-state index contributed by atoms with van der Waals surface area (Å²) < 4.78 is 0. The van der Waals surface area contributed by atoms with E-state index in [-0.39, 0.29) is 5.54 Å². The van der Waals surface area contributed by atoms with Crippen molar-refractivity contribution in [3.05, 3.63) is 83.4 Å². The molecule has 0 saturated heterocycles. The summed E-state index contributed by atoms with van der Waals surface area (Å²) in [4.78, 5) is 0. The minimum atomic E-state index is 0.0524. The lowest BCUT2D eigenvalue weighted by Gasteiger charge is -2.42. The molecule has 3 aromatic rings. The predicted molar refractivity (Wildman–Crippen MR) is 93.2 cm³/mol. The Morgan fingerprint density at radius 3 is 2.41 bits per heavy atom. The molecule has 0 spiro atoms. The molecule has 22 heavy (non-hydrogen) atoms. The van der Waals surface area contributed by atoms with E-state index in [1.165, 1.54) is 27.5 Å². The highest BCUT2D eigenvalue weighted by atomic mass is 15.0. The van der Waals surface area contributed by atoms with Gasteiger partial charge in [0, 0.05) is 18.0 Å². The molecule has 1 atom stereocenters. The zero-order valence-electron chi connectivity index (χ0n) is 13.1. The van der Waals surface area contributed by atoms with E-state index in [2.05, 4.69) is 85.9 Å². The predicted octanol–water partition coefficient (Wildman–Crippen LogP) is 4.85. The normalized spacial score (nSPS) is 19.8. The van der Waals surface area contributed by atoms with Crippen LogP contribution in [0.1, 0.15) is 36.5 Å². The Bertz CT molecular complexity index is 818. The fraction of sp³-hybridized carbons (Fsp3) is 0.238. The van der Waals surface area contributed by atoms with Crippen LogP contribution in [0.2, 0.25) is 0 Å². The SMILES string of the molecule is CC1(C)NCc2c(ccc3ccccc23)C1c1ccccc1. The molecule has 0 aromatic heterocycles. The zero-order valence-corrected chi connectivity index (χ0v) is 13.1. The standard InChI is InChI=1S/C21H21N/c1-21(2)20(16-9-4-3-5-10-16)18-13-12-15-8-6-7-11-17(15)19(18)14-22-21/h3-13,20,22H,14H2,1-2H3. The van der Waals surface area contributed by atoms with Crippen LogP contribution >= 0.6 is 0 Å². The van der Waals surface area contributed by atoms with Gasteiger partial charge in [0.05, 0.1) is 0 Å². The second-order valence-electron chi connectivity index (χ2n) is 6.77. The van der Waals surface area contributed by atoms with E-state index < -0.39 is 0 Å². The highest BCUT2D eigenvalue weighted by Crippen LogP contribution is 2.41. The molecule has 1 N–H and O–H groups in total. The maximum atomic E-state index is 3.76. The van der Waals surface area contributed by atoms with E-state index in [0.29, 0.717) is 5.92 Å². The lowest BCUT2D eigenvalue weighted by atomic mass is 9.72. The summed E-state index contributed by atoms with van der Waals surface area (Å²) in [5.41, 5.74) is 4.35. The van der Waals surface area contributed by atoms with Gasteiger partial charge in [-0.2, -0.15) is 0 Å². The van der Waals surface area contributed by atoms with Gasteiger partial charge in [-0.25, -0.2) is 0 Å². The first-order valence-electron chi connectivity index (χ1n) is 7.97. The van der Waals surface area contributed by atoms with Crippen molar-refractivity contribution in [1.82, 2.24) is 5.32 Å². The van der Waals surface area contributed by atoms with Crippen molar-refractivity contribution in [3.63, 3.8) is 0 Å². The van der Waals surface area contributed by atoms with Crippen LogP contribution in [0.3, 0.4) is 0 Å². The van der Waals surface area contributed by atoms with E-state index in [1.807, 2.05) is 0 Å². The average molecular weight is 287 g/mol. The molecular formula is C21H21N. The minimum absolute atomic E-state index is 0.0524. The second-order valence-corrected chi connectivity index (χ2v) is 6.77. The van der Waals surface area contributed by atoms with Crippen LogP contribution in [0.25, 0.3) is 10.8 Å². The maximum Gasteiger partial charge on any atom is 0.0270 e. The molecule has 1 aliphatic heterocycles. The van der Waals surface area contributed by atoms with Gasteiger partial charge in [-0.1, -0.05) is 66.7 Å². The van der Waals surface area contributed by atoms with E-state index >= 15 is 0 Å². The van der Waals surface area contributed by atoms with Crippen molar-refractivity contribution < 1.29 is 0 Å². The minimum Gasteiger partial charge on any atom is -0.307 e. The summed E-state index contributed by atoms with van der Waals surface area (Å²) in [5, 5.41) is 6.46. The van der Waals surface area contributed by atoms with Gasteiger partial charge < -0.3 is 5.32 Å². The van der Waals surface area contributed by atoms with E-state index in [9.17, 15) is 0 Å². The molecule has 1 unspecified atom stereocenters. The lowest BCUT2D eigenvalue weighted by molar-refractivity contribution is 0.325. The highest BCUT2D eigenvalue weighted by molar-refractivity contribution is 5.87. The van der Waals surface area contributed by atoms with Gasteiger partial charge in [-0.15, -0.1) is 0 Å². The topological polar surface area (TPSA) is 12.0 Å². The Kier molecular flexibility index (Phi) is 3.05. The number of fused-ring (bicyclic) bond motifs is 3. The van der Waals surface area contributed by atoms with E-state index in [1.54, 1.807) is 0 Å². The molecular weight excluding hydrogens is 266 g/mol. The van der Waals surface area contributed by atoms with Crippen molar-refractivity contribution in [3.8, 4) is 0 Å². The lowest BCUT2D eigenvalue weighted by Crippen LogP contribution is -2.48. The Morgan fingerprint density at radius 1 is 0.864 bits per heavy atom. The fourth-order valence-corrected chi connectivity index (χ4v) is 3.87. The summed E-state index contributed by atoms with van der Waals surface area (Å²) in [6, 6.07) is 24.2. The molecule has 110 valence electrons. The van der Waals surface area contributed by atoms with E-state index in [4.69, 9.17) is 0 Å². The second kappa shape index (κ2) is 4.96. The Hall–Kier alpha value is -2.12. The van der Waals surface area contributed by atoms with Crippen LogP contribution in [0, 0.1) is 0 Å². The van der Waals surface area contributed by atoms with Gasteiger partial charge >= 0.3 is 0 Å². The fourth-order valence-electron chi connectivity index (χ4n) is 3.87. The van der Waals surface area contributed by atoms with Crippen LogP contribution < -0.4 is 5.32 Å². The summed E-state index contributed by atoms with van der Waals surface area (Å²) >= 11 is 0. The van der Waals surface area contributed by atoms with Gasteiger partial charge in [-0.3, -0.25) is 0 Å². The molecule has 0 aliphatic carbocycles. The first-order valence-corrected chi connectivity index (χ1v) is 7.97. The van der Waals surface area contributed by atoms with Crippen molar-refractivity contribution in [2.24, 2.45) is 0 Å². The number of rotatable bonds is 1. The molecule has 0 amide bonds. The van der Waals surface area contributed by atoms with Crippen LogP contribution in [0.15, 0.2) is 66.7 Å². The molecule has 3 aromatic carbocycles. The third-order valence-electron chi connectivity index (χ3n) is 4.96. The van der Waals surface area contributed by atoms with Gasteiger partial charge in [0.1, 0.15) is 0 Å².